The Bertz CT molecular complexity index is 989. The summed E-state index contributed by atoms with van der Waals surface area (Å²) in [6.45, 7) is 2.83. The van der Waals surface area contributed by atoms with Gasteiger partial charge >= 0.3 is 6.03 Å². The topological polar surface area (TPSA) is 35.6 Å². The second-order valence-corrected chi connectivity index (χ2v) is 7.90. The van der Waals surface area contributed by atoms with E-state index in [2.05, 4.69) is 81.8 Å². The molecule has 0 bridgehead atoms. The number of nitrogens with one attached hydrogen (secondary N) is 1. The number of anilines is 1. The van der Waals surface area contributed by atoms with Crippen molar-refractivity contribution in [2.45, 2.75) is 25.0 Å². The van der Waals surface area contributed by atoms with Crippen LogP contribution in [0.1, 0.15) is 29.2 Å². The first-order chi connectivity index (χ1) is 14.3. The minimum absolute atomic E-state index is 0.00381. The van der Waals surface area contributed by atoms with Gasteiger partial charge in [0.1, 0.15) is 0 Å². The largest absolute Gasteiger partial charge is 0.322 e. The number of para-hydroxylation sites is 1. The average molecular weight is 383 g/mol. The van der Waals surface area contributed by atoms with Crippen molar-refractivity contribution in [1.29, 1.82) is 0 Å². The molecule has 0 aromatic heterocycles. The fourth-order valence-electron chi connectivity index (χ4n) is 4.67. The van der Waals surface area contributed by atoms with Gasteiger partial charge in [-0.2, -0.15) is 0 Å². The third kappa shape index (κ3) is 3.52. The molecule has 146 valence electrons. The summed E-state index contributed by atoms with van der Waals surface area (Å²) < 4.78 is 0. The molecule has 2 unspecified atom stereocenters. The van der Waals surface area contributed by atoms with Crippen LogP contribution >= 0.6 is 0 Å². The van der Waals surface area contributed by atoms with Crippen molar-refractivity contribution in [3.05, 3.63) is 102 Å². The lowest BCUT2D eigenvalue weighted by Gasteiger charge is -2.41. The molecule has 4 heteroatoms. The number of benzene rings is 3. The average Bonchev–Trinajstić information content (AvgIpc) is 3.22. The number of amides is 2. The quantitative estimate of drug-likeness (QED) is 0.696. The van der Waals surface area contributed by atoms with E-state index in [0.29, 0.717) is 0 Å². The van der Waals surface area contributed by atoms with E-state index in [-0.39, 0.29) is 18.1 Å². The van der Waals surface area contributed by atoms with Gasteiger partial charge in [0.25, 0.3) is 0 Å². The lowest BCUT2D eigenvalue weighted by molar-refractivity contribution is 0.163. The predicted molar refractivity (Wildman–Crippen MR) is 116 cm³/mol. The molecular weight excluding hydrogens is 358 g/mol. The summed E-state index contributed by atoms with van der Waals surface area (Å²) in [4.78, 5) is 17.7. The minimum atomic E-state index is -0.0529. The van der Waals surface area contributed by atoms with Crippen LogP contribution in [-0.4, -0.2) is 35.0 Å². The number of carbonyl (C=O) groups excluding carboxylic acids is 1. The Morgan fingerprint density at radius 3 is 2.34 bits per heavy atom. The fraction of sp³-hybridized carbons (Fsp3) is 0.240. The smallest absolute Gasteiger partial charge is 0.309 e. The maximum atomic E-state index is 13.2. The number of likely N-dealkylation sites (tertiary alicyclic amines) is 1. The summed E-state index contributed by atoms with van der Waals surface area (Å²) in [7, 11) is 0. The van der Waals surface area contributed by atoms with Gasteiger partial charge < -0.3 is 10.2 Å². The minimum Gasteiger partial charge on any atom is -0.309 e. The van der Waals surface area contributed by atoms with Gasteiger partial charge in [-0.3, -0.25) is 4.90 Å². The molecule has 3 aromatic carbocycles. The van der Waals surface area contributed by atoms with E-state index in [1.54, 1.807) is 0 Å². The molecule has 2 heterocycles. The van der Waals surface area contributed by atoms with Crippen LogP contribution in [0.4, 0.5) is 10.5 Å². The van der Waals surface area contributed by atoms with Crippen LogP contribution < -0.4 is 5.32 Å². The number of nitrogens with zero attached hydrogens (tertiary/aromatic N) is 2. The summed E-state index contributed by atoms with van der Waals surface area (Å²) in [5, 5.41) is 3.12. The Morgan fingerprint density at radius 2 is 1.55 bits per heavy atom. The zero-order valence-corrected chi connectivity index (χ0v) is 16.4. The van der Waals surface area contributed by atoms with Gasteiger partial charge in [0.2, 0.25) is 0 Å². The van der Waals surface area contributed by atoms with Crippen molar-refractivity contribution < 1.29 is 4.79 Å². The molecule has 0 aliphatic carbocycles. The Balaban J connectivity index is 1.44. The van der Waals surface area contributed by atoms with Crippen LogP contribution in [-0.2, 0) is 6.54 Å². The fourth-order valence-corrected chi connectivity index (χ4v) is 4.67. The van der Waals surface area contributed by atoms with Crippen molar-refractivity contribution in [2.75, 3.05) is 18.4 Å². The number of fused-ring (bicyclic) bond motifs is 1. The molecule has 1 fully saturated rings. The number of rotatable bonds is 4. The Labute approximate surface area is 171 Å². The van der Waals surface area contributed by atoms with Crippen LogP contribution in [0.25, 0.3) is 0 Å². The summed E-state index contributed by atoms with van der Waals surface area (Å²) >= 11 is 0. The first-order valence-corrected chi connectivity index (χ1v) is 10.3. The van der Waals surface area contributed by atoms with Crippen molar-refractivity contribution in [3.63, 3.8) is 0 Å². The van der Waals surface area contributed by atoms with Gasteiger partial charge in [-0.05, 0) is 23.6 Å². The highest BCUT2D eigenvalue weighted by molar-refractivity contribution is 5.94. The third-order valence-electron chi connectivity index (χ3n) is 6.01. The molecule has 0 radical (unpaired) electrons. The van der Waals surface area contributed by atoms with E-state index >= 15 is 0 Å². The Morgan fingerprint density at radius 1 is 0.862 bits per heavy atom. The second-order valence-electron chi connectivity index (χ2n) is 7.90. The van der Waals surface area contributed by atoms with Crippen LogP contribution in [0.15, 0.2) is 84.9 Å². The third-order valence-corrected chi connectivity index (χ3v) is 6.01. The second kappa shape index (κ2) is 7.72. The standard InChI is InChI=1S/C25H25N3O/c29-25-26-23-14-8-7-13-22(23)24(20-11-5-2-6-12-20)28(25)21-15-16-27(18-21)17-19-9-3-1-4-10-19/h1-14,21,24H,15-18H2,(H,26,29). The van der Waals surface area contributed by atoms with Gasteiger partial charge in [-0.1, -0.05) is 78.9 Å². The predicted octanol–water partition coefficient (Wildman–Crippen LogP) is 4.90. The van der Waals surface area contributed by atoms with Crippen molar-refractivity contribution >= 4 is 11.7 Å². The molecule has 1 saturated heterocycles. The molecule has 2 atom stereocenters. The van der Waals surface area contributed by atoms with Crippen molar-refractivity contribution in [3.8, 4) is 0 Å². The normalized spacial score (nSPS) is 21.7. The lowest BCUT2D eigenvalue weighted by Crippen LogP contribution is -2.49. The summed E-state index contributed by atoms with van der Waals surface area (Å²) in [6, 6.07) is 29.3. The van der Waals surface area contributed by atoms with Crippen LogP contribution in [0.3, 0.4) is 0 Å². The maximum Gasteiger partial charge on any atom is 0.322 e. The zero-order valence-electron chi connectivity index (χ0n) is 16.4. The van der Waals surface area contributed by atoms with Crippen LogP contribution in [0.5, 0.6) is 0 Å². The molecular formula is C25H25N3O. The molecule has 5 rings (SSSR count). The van der Waals surface area contributed by atoms with Gasteiger partial charge in [0, 0.05) is 36.9 Å². The molecule has 0 saturated carbocycles. The molecule has 1 N–H and O–H groups in total. The zero-order chi connectivity index (χ0) is 19.6. The molecule has 2 amide bonds. The lowest BCUT2D eigenvalue weighted by atomic mass is 9.92. The summed E-state index contributed by atoms with van der Waals surface area (Å²) in [5.74, 6) is 0. The molecule has 29 heavy (non-hydrogen) atoms. The Kier molecular flexibility index (Phi) is 4.78. The van der Waals surface area contributed by atoms with E-state index in [9.17, 15) is 4.79 Å². The molecule has 2 aliphatic heterocycles. The van der Waals surface area contributed by atoms with E-state index in [1.807, 2.05) is 18.2 Å². The molecule has 4 nitrogen and oxygen atoms in total. The first-order valence-electron chi connectivity index (χ1n) is 10.3. The van der Waals surface area contributed by atoms with E-state index in [1.165, 1.54) is 11.1 Å². The van der Waals surface area contributed by atoms with Crippen LogP contribution in [0.2, 0.25) is 0 Å². The van der Waals surface area contributed by atoms with E-state index in [4.69, 9.17) is 0 Å². The highest BCUT2D eigenvalue weighted by Gasteiger charge is 2.40. The number of urea groups is 1. The van der Waals surface area contributed by atoms with Crippen molar-refractivity contribution in [1.82, 2.24) is 9.80 Å². The SMILES string of the molecule is O=C1Nc2ccccc2C(c2ccccc2)N1C1CCN(Cc2ccccc2)C1. The number of hydrogen-bond donors (Lipinski definition) is 1. The van der Waals surface area contributed by atoms with Gasteiger partial charge in [-0.25, -0.2) is 4.79 Å². The van der Waals surface area contributed by atoms with Crippen LogP contribution in [0, 0.1) is 0 Å². The highest BCUT2D eigenvalue weighted by Crippen LogP contribution is 2.40. The molecule has 2 aliphatic rings. The monoisotopic (exact) mass is 383 g/mol. The molecule has 0 spiro atoms. The summed E-state index contributed by atoms with van der Waals surface area (Å²) in [5.41, 5.74) is 4.57. The van der Waals surface area contributed by atoms with Gasteiger partial charge in [-0.15, -0.1) is 0 Å². The van der Waals surface area contributed by atoms with E-state index in [0.717, 1.165) is 37.3 Å². The Hall–Kier alpha value is -3.11. The number of carbonyl (C=O) groups is 1. The summed E-state index contributed by atoms with van der Waals surface area (Å²) in [6.07, 6.45) is 0.992. The molecule has 3 aromatic rings. The van der Waals surface area contributed by atoms with E-state index < -0.39 is 0 Å². The van der Waals surface area contributed by atoms with Gasteiger partial charge in [0.05, 0.1) is 6.04 Å². The highest BCUT2D eigenvalue weighted by atomic mass is 16.2. The van der Waals surface area contributed by atoms with Gasteiger partial charge in [0.15, 0.2) is 0 Å². The number of hydrogen-bond acceptors (Lipinski definition) is 2. The first kappa shape index (κ1) is 18.0. The van der Waals surface area contributed by atoms with Crippen molar-refractivity contribution in [2.24, 2.45) is 0 Å². The maximum absolute atomic E-state index is 13.2.